The van der Waals surface area contributed by atoms with Crippen molar-refractivity contribution in [2.75, 3.05) is 20.8 Å². The number of nitrogens with zero attached hydrogens (tertiary/aromatic N) is 1. The van der Waals surface area contributed by atoms with Crippen LogP contribution in [0.3, 0.4) is 0 Å². The Labute approximate surface area is 160 Å². The number of benzene rings is 1. The van der Waals surface area contributed by atoms with Crippen molar-refractivity contribution < 1.29 is 14.3 Å². The van der Waals surface area contributed by atoms with Gasteiger partial charge >= 0.3 is 0 Å². The molecule has 1 fully saturated rings. The summed E-state index contributed by atoms with van der Waals surface area (Å²) in [5, 5.41) is 6.43. The van der Waals surface area contributed by atoms with Gasteiger partial charge in [0.15, 0.2) is 0 Å². The highest BCUT2D eigenvalue weighted by Gasteiger charge is 2.32. The van der Waals surface area contributed by atoms with Crippen LogP contribution in [0.5, 0.6) is 11.5 Å². The fourth-order valence-corrected chi connectivity index (χ4v) is 3.30. The molecule has 3 rings (SSSR count). The Morgan fingerprint density at radius 3 is 2.70 bits per heavy atom. The van der Waals surface area contributed by atoms with E-state index < -0.39 is 0 Å². The lowest BCUT2D eigenvalue weighted by Crippen LogP contribution is -2.37. The highest BCUT2D eigenvalue weighted by atomic mass is 16.5. The lowest BCUT2D eigenvalue weighted by Gasteiger charge is -2.21. The topological polar surface area (TPSA) is 72.5 Å². The Hall–Kier alpha value is -2.60. The molecule has 1 saturated carbocycles. The zero-order valence-electron chi connectivity index (χ0n) is 16.1. The van der Waals surface area contributed by atoms with E-state index in [1.54, 1.807) is 20.4 Å². The average molecular weight is 369 g/mol. The van der Waals surface area contributed by atoms with E-state index in [4.69, 9.17) is 9.47 Å². The van der Waals surface area contributed by atoms with Crippen LogP contribution in [0, 0.1) is 5.92 Å². The molecule has 27 heavy (non-hydrogen) atoms. The fourth-order valence-electron chi connectivity index (χ4n) is 3.30. The van der Waals surface area contributed by atoms with Crippen LogP contribution in [0.4, 0.5) is 0 Å². The zero-order valence-corrected chi connectivity index (χ0v) is 16.1. The maximum atomic E-state index is 12.5. The van der Waals surface area contributed by atoms with Gasteiger partial charge in [0.05, 0.1) is 26.8 Å². The van der Waals surface area contributed by atoms with E-state index in [9.17, 15) is 4.79 Å². The number of nitrogens with one attached hydrogen (secondary N) is 2. The third-order valence-corrected chi connectivity index (χ3v) is 4.90. The number of hydrogen-bond acceptors (Lipinski definition) is 5. The molecule has 0 bridgehead atoms. The molecule has 1 aliphatic rings. The van der Waals surface area contributed by atoms with E-state index in [2.05, 4.69) is 21.7 Å². The number of carbonyl (C=O) groups excluding carboxylic acids is 1. The van der Waals surface area contributed by atoms with Gasteiger partial charge in [0, 0.05) is 24.0 Å². The van der Waals surface area contributed by atoms with Crippen LogP contribution in [0.25, 0.3) is 0 Å². The highest BCUT2D eigenvalue weighted by molar-refractivity contribution is 5.78. The van der Waals surface area contributed by atoms with E-state index in [1.165, 1.54) is 12.8 Å². The van der Waals surface area contributed by atoms with Gasteiger partial charge in [-0.05, 0) is 55.5 Å². The van der Waals surface area contributed by atoms with Gasteiger partial charge in [0.25, 0.3) is 0 Å². The minimum absolute atomic E-state index is 0.0538. The summed E-state index contributed by atoms with van der Waals surface area (Å²) in [6.07, 6.45) is 6.01. The number of amides is 1. The van der Waals surface area contributed by atoms with E-state index in [0.717, 1.165) is 22.6 Å². The van der Waals surface area contributed by atoms with E-state index >= 15 is 0 Å². The molecule has 144 valence electrons. The minimum Gasteiger partial charge on any atom is -0.497 e. The molecular weight excluding hydrogens is 342 g/mol. The molecule has 0 unspecified atom stereocenters. The molecule has 6 nitrogen and oxygen atoms in total. The van der Waals surface area contributed by atoms with E-state index in [-0.39, 0.29) is 24.5 Å². The van der Waals surface area contributed by atoms with Crippen molar-refractivity contribution >= 4 is 5.91 Å². The van der Waals surface area contributed by atoms with Gasteiger partial charge in [-0.25, -0.2) is 0 Å². The predicted octanol–water partition coefficient (Wildman–Crippen LogP) is 3.02. The summed E-state index contributed by atoms with van der Waals surface area (Å²) in [6.45, 7) is 2.20. The fraction of sp³-hybridized carbons (Fsp3) is 0.429. The second-order valence-electron chi connectivity index (χ2n) is 6.88. The van der Waals surface area contributed by atoms with Crippen LogP contribution in [0.15, 0.2) is 42.7 Å². The maximum absolute atomic E-state index is 12.5. The summed E-state index contributed by atoms with van der Waals surface area (Å²) < 4.78 is 10.7. The van der Waals surface area contributed by atoms with Crippen molar-refractivity contribution in [3.8, 4) is 11.5 Å². The molecule has 6 heteroatoms. The zero-order chi connectivity index (χ0) is 19.2. The molecule has 2 aromatic rings. The first-order valence-corrected chi connectivity index (χ1v) is 9.27. The maximum Gasteiger partial charge on any atom is 0.234 e. The predicted molar refractivity (Wildman–Crippen MR) is 104 cm³/mol. The average Bonchev–Trinajstić information content (AvgIpc) is 3.53. The smallest absolute Gasteiger partial charge is 0.234 e. The van der Waals surface area contributed by atoms with Crippen molar-refractivity contribution in [1.29, 1.82) is 0 Å². The Morgan fingerprint density at radius 1 is 1.26 bits per heavy atom. The van der Waals surface area contributed by atoms with Crippen LogP contribution < -0.4 is 20.1 Å². The standard InChI is InChI=1S/C21H27N3O3/c1-14(18-11-17(26-2)8-9-19(18)27-3)24-20(25)13-23-21(15-6-7-15)16-5-4-10-22-12-16/h4-5,8-12,14-15,21,23H,6-7,13H2,1-3H3,(H,24,25)/t14-,21-/m0/s1. The number of methoxy groups -OCH3 is 2. The number of hydrogen-bond donors (Lipinski definition) is 2. The molecule has 1 aromatic heterocycles. The molecule has 0 aliphatic heterocycles. The molecule has 2 atom stereocenters. The second kappa shape index (κ2) is 8.86. The lowest BCUT2D eigenvalue weighted by molar-refractivity contribution is -0.121. The first-order chi connectivity index (χ1) is 13.1. The Kier molecular flexibility index (Phi) is 6.29. The first-order valence-electron chi connectivity index (χ1n) is 9.27. The highest BCUT2D eigenvalue weighted by Crippen LogP contribution is 2.40. The number of pyridine rings is 1. The number of rotatable bonds is 9. The Morgan fingerprint density at radius 2 is 2.07 bits per heavy atom. The van der Waals surface area contributed by atoms with Crippen LogP contribution in [-0.2, 0) is 4.79 Å². The van der Waals surface area contributed by atoms with Gasteiger partial charge in [0.1, 0.15) is 11.5 Å². The lowest BCUT2D eigenvalue weighted by atomic mass is 10.0. The number of aromatic nitrogens is 1. The molecule has 0 radical (unpaired) electrons. The largest absolute Gasteiger partial charge is 0.497 e. The van der Waals surface area contributed by atoms with Crippen LogP contribution >= 0.6 is 0 Å². The van der Waals surface area contributed by atoms with Crippen molar-refractivity contribution in [2.24, 2.45) is 5.92 Å². The normalized spacial score (nSPS) is 15.7. The summed E-state index contributed by atoms with van der Waals surface area (Å²) in [7, 11) is 3.24. The molecule has 1 heterocycles. The molecule has 1 aromatic carbocycles. The molecule has 0 saturated heterocycles. The quantitative estimate of drug-likeness (QED) is 0.711. The van der Waals surface area contributed by atoms with Gasteiger partial charge in [0.2, 0.25) is 5.91 Å². The van der Waals surface area contributed by atoms with Gasteiger partial charge < -0.3 is 20.1 Å². The van der Waals surface area contributed by atoms with Crippen LogP contribution in [0.2, 0.25) is 0 Å². The van der Waals surface area contributed by atoms with Gasteiger partial charge in [-0.1, -0.05) is 6.07 Å². The van der Waals surface area contributed by atoms with E-state index in [0.29, 0.717) is 5.92 Å². The van der Waals surface area contributed by atoms with Crippen LogP contribution in [0.1, 0.15) is 43.0 Å². The monoisotopic (exact) mass is 369 g/mol. The van der Waals surface area contributed by atoms with Crippen molar-refractivity contribution in [3.05, 3.63) is 53.9 Å². The van der Waals surface area contributed by atoms with Crippen molar-refractivity contribution in [3.63, 3.8) is 0 Å². The van der Waals surface area contributed by atoms with Crippen molar-refractivity contribution in [2.45, 2.75) is 31.8 Å². The molecular formula is C21H27N3O3. The van der Waals surface area contributed by atoms with E-state index in [1.807, 2.05) is 37.4 Å². The molecule has 2 N–H and O–H groups in total. The second-order valence-corrected chi connectivity index (χ2v) is 6.88. The van der Waals surface area contributed by atoms with Crippen LogP contribution in [-0.4, -0.2) is 31.7 Å². The summed E-state index contributed by atoms with van der Waals surface area (Å²) in [4.78, 5) is 16.7. The Balaban J connectivity index is 1.60. The molecule has 1 amide bonds. The third kappa shape index (κ3) is 4.98. The number of carbonyl (C=O) groups is 1. The summed E-state index contributed by atoms with van der Waals surface area (Å²) >= 11 is 0. The summed E-state index contributed by atoms with van der Waals surface area (Å²) in [5.74, 6) is 1.98. The molecule has 0 spiro atoms. The Bertz CT molecular complexity index is 763. The van der Waals surface area contributed by atoms with Gasteiger partial charge in [-0.2, -0.15) is 0 Å². The summed E-state index contributed by atoms with van der Waals surface area (Å²) in [6, 6.07) is 9.55. The first kappa shape index (κ1) is 19.2. The number of ether oxygens (including phenoxy) is 2. The van der Waals surface area contributed by atoms with Gasteiger partial charge in [-0.3, -0.25) is 9.78 Å². The minimum atomic E-state index is -0.192. The molecule has 1 aliphatic carbocycles. The third-order valence-electron chi connectivity index (χ3n) is 4.90. The van der Waals surface area contributed by atoms with Gasteiger partial charge in [-0.15, -0.1) is 0 Å². The summed E-state index contributed by atoms with van der Waals surface area (Å²) in [5.41, 5.74) is 2.02. The SMILES string of the molecule is COc1ccc(OC)c([C@H](C)NC(=O)CN[C@H](c2cccnc2)C2CC2)c1. The van der Waals surface area contributed by atoms with Crippen molar-refractivity contribution in [1.82, 2.24) is 15.6 Å².